The second-order valence-corrected chi connectivity index (χ2v) is 7.84. The average molecular weight is 407 g/mol. The van der Waals surface area contributed by atoms with Gasteiger partial charge in [0.25, 0.3) is 0 Å². The SMILES string of the molecule is N[C@H]1CC[C@H](CNc2nc(NCC(=O)N3CCC[C@@H](O)C3)ncc2[N+](=O)[O-])CC1. The zero-order valence-corrected chi connectivity index (χ0v) is 16.4. The predicted molar refractivity (Wildman–Crippen MR) is 107 cm³/mol. The van der Waals surface area contributed by atoms with Crippen molar-refractivity contribution < 1.29 is 14.8 Å². The number of aromatic nitrogens is 2. The van der Waals surface area contributed by atoms with Crippen molar-refractivity contribution in [2.45, 2.75) is 50.7 Å². The van der Waals surface area contributed by atoms with Gasteiger partial charge < -0.3 is 26.4 Å². The molecule has 1 aliphatic carbocycles. The first kappa shape index (κ1) is 21.2. The number of β-amino-alcohol motifs (C(OH)–C–C–N with tert-alkyl or cyclic N) is 1. The first-order valence-electron chi connectivity index (χ1n) is 10.1. The van der Waals surface area contributed by atoms with Crippen molar-refractivity contribution in [2.24, 2.45) is 11.7 Å². The van der Waals surface area contributed by atoms with E-state index in [0.29, 0.717) is 32.0 Å². The zero-order chi connectivity index (χ0) is 20.8. The molecule has 29 heavy (non-hydrogen) atoms. The smallest absolute Gasteiger partial charge is 0.329 e. The van der Waals surface area contributed by atoms with Gasteiger partial charge in [-0.1, -0.05) is 0 Å². The van der Waals surface area contributed by atoms with Crippen LogP contribution in [0.3, 0.4) is 0 Å². The van der Waals surface area contributed by atoms with Crippen molar-refractivity contribution in [3.8, 4) is 0 Å². The van der Waals surface area contributed by atoms with Crippen LogP contribution in [-0.2, 0) is 4.79 Å². The Morgan fingerprint density at radius 2 is 2.07 bits per heavy atom. The number of aliphatic hydroxyl groups excluding tert-OH is 1. The maximum Gasteiger partial charge on any atom is 0.329 e. The Kier molecular flexibility index (Phi) is 7.15. The molecule has 1 aromatic rings. The Morgan fingerprint density at radius 1 is 1.31 bits per heavy atom. The fraction of sp³-hybridized carbons (Fsp3) is 0.722. The normalized spacial score (nSPS) is 24.8. The van der Waals surface area contributed by atoms with Crippen molar-refractivity contribution in [3.63, 3.8) is 0 Å². The number of rotatable bonds is 7. The van der Waals surface area contributed by atoms with E-state index in [9.17, 15) is 20.0 Å². The number of piperidine rings is 1. The van der Waals surface area contributed by atoms with Gasteiger partial charge in [0.1, 0.15) is 6.20 Å². The molecule has 1 saturated carbocycles. The molecule has 0 spiro atoms. The quantitative estimate of drug-likeness (QED) is 0.377. The Hall–Kier alpha value is -2.53. The van der Waals surface area contributed by atoms with E-state index in [0.717, 1.165) is 38.3 Å². The highest BCUT2D eigenvalue weighted by molar-refractivity contribution is 5.80. The van der Waals surface area contributed by atoms with E-state index in [1.54, 1.807) is 4.90 Å². The lowest BCUT2D eigenvalue weighted by Crippen LogP contribution is -2.44. The summed E-state index contributed by atoms with van der Waals surface area (Å²) >= 11 is 0. The zero-order valence-electron chi connectivity index (χ0n) is 16.4. The standard InChI is InChI=1S/C18H29N7O4/c19-13-5-3-12(4-6-13)8-20-17-15(25(28)29)9-21-18(23-17)22-10-16(27)24-7-1-2-14(26)11-24/h9,12-14,26H,1-8,10-11,19H2,(H2,20,21,22,23)/t12-,13-,14-/m1/s1. The maximum atomic E-state index is 12.3. The highest BCUT2D eigenvalue weighted by Gasteiger charge is 2.24. The molecule has 1 amide bonds. The van der Waals surface area contributed by atoms with Crippen molar-refractivity contribution in [1.82, 2.24) is 14.9 Å². The van der Waals surface area contributed by atoms with E-state index in [4.69, 9.17) is 5.73 Å². The van der Waals surface area contributed by atoms with Gasteiger partial charge in [-0.15, -0.1) is 0 Å². The van der Waals surface area contributed by atoms with Crippen molar-refractivity contribution in [2.75, 3.05) is 36.8 Å². The number of nitrogens with one attached hydrogen (secondary N) is 2. The molecule has 11 heteroatoms. The van der Waals surface area contributed by atoms with Crippen LogP contribution in [-0.4, -0.2) is 69.1 Å². The van der Waals surface area contributed by atoms with E-state index in [2.05, 4.69) is 20.6 Å². The minimum atomic E-state index is -0.525. The van der Waals surface area contributed by atoms with Crippen LogP contribution in [0.2, 0.25) is 0 Å². The van der Waals surface area contributed by atoms with Crippen molar-refractivity contribution in [3.05, 3.63) is 16.3 Å². The summed E-state index contributed by atoms with van der Waals surface area (Å²) in [6, 6.07) is 0.244. The van der Waals surface area contributed by atoms with Crippen LogP contribution < -0.4 is 16.4 Å². The molecule has 0 unspecified atom stereocenters. The van der Waals surface area contributed by atoms with E-state index in [-0.39, 0.29) is 35.9 Å². The van der Waals surface area contributed by atoms with Gasteiger partial charge in [-0.05, 0) is 44.4 Å². The van der Waals surface area contributed by atoms with Gasteiger partial charge in [0, 0.05) is 25.7 Å². The maximum absolute atomic E-state index is 12.3. The third-order valence-corrected chi connectivity index (χ3v) is 5.56. The number of amides is 1. The lowest BCUT2D eigenvalue weighted by molar-refractivity contribution is -0.384. The molecule has 11 nitrogen and oxygen atoms in total. The summed E-state index contributed by atoms with van der Waals surface area (Å²) in [5.74, 6) is 0.518. The molecule has 5 N–H and O–H groups in total. The molecule has 3 rings (SSSR count). The van der Waals surface area contributed by atoms with Crippen molar-refractivity contribution >= 4 is 23.4 Å². The van der Waals surface area contributed by atoms with Crippen LogP contribution in [0.1, 0.15) is 38.5 Å². The number of hydrogen-bond donors (Lipinski definition) is 4. The van der Waals surface area contributed by atoms with E-state index >= 15 is 0 Å². The third-order valence-electron chi connectivity index (χ3n) is 5.56. The number of anilines is 2. The Balaban J connectivity index is 1.58. The monoisotopic (exact) mass is 407 g/mol. The molecule has 2 fully saturated rings. The summed E-state index contributed by atoms with van der Waals surface area (Å²) in [6.07, 6.45) is 5.99. The second kappa shape index (κ2) is 9.79. The number of hydrogen-bond acceptors (Lipinski definition) is 9. The Labute approximate surface area is 169 Å². The molecule has 1 aliphatic heterocycles. The van der Waals surface area contributed by atoms with Gasteiger partial charge in [-0.2, -0.15) is 4.98 Å². The highest BCUT2D eigenvalue weighted by Crippen LogP contribution is 2.26. The van der Waals surface area contributed by atoms with E-state index in [1.807, 2.05) is 0 Å². The molecule has 160 valence electrons. The molecule has 2 aliphatic rings. The Bertz CT molecular complexity index is 724. The third kappa shape index (κ3) is 5.97. The molecule has 0 bridgehead atoms. The van der Waals surface area contributed by atoms with Crippen LogP contribution in [0, 0.1) is 16.0 Å². The van der Waals surface area contributed by atoms with Gasteiger partial charge in [0.05, 0.1) is 17.6 Å². The van der Waals surface area contributed by atoms with Gasteiger partial charge in [0.2, 0.25) is 17.7 Å². The summed E-state index contributed by atoms with van der Waals surface area (Å²) in [5.41, 5.74) is 5.72. The molecular weight excluding hydrogens is 378 g/mol. The summed E-state index contributed by atoms with van der Waals surface area (Å²) in [5, 5.41) is 26.9. The summed E-state index contributed by atoms with van der Waals surface area (Å²) in [7, 11) is 0. The fourth-order valence-electron chi connectivity index (χ4n) is 3.81. The number of nitro groups is 1. The number of nitrogens with zero attached hydrogens (tertiary/aromatic N) is 4. The summed E-state index contributed by atoms with van der Waals surface area (Å²) in [4.78, 5) is 32.8. The van der Waals surface area contributed by atoms with Crippen LogP contribution in [0.4, 0.5) is 17.5 Å². The number of carbonyl (C=O) groups excluding carboxylic acids is 1. The van der Waals surface area contributed by atoms with Crippen LogP contribution in [0.25, 0.3) is 0 Å². The van der Waals surface area contributed by atoms with Gasteiger partial charge in [0.15, 0.2) is 0 Å². The highest BCUT2D eigenvalue weighted by atomic mass is 16.6. The van der Waals surface area contributed by atoms with Crippen LogP contribution in [0.5, 0.6) is 0 Å². The first-order chi connectivity index (χ1) is 13.9. The molecule has 2 heterocycles. The largest absolute Gasteiger partial charge is 0.391 e. The number of aliphatic hydroxyl groups is 1. The topological polar surface area (TPSA) is 160 Å². The lowest BCUT2D eigenvalue weighted by atomic mass is 9.86. The predicted octanol–water partition coefficient (Wildman–Crippen LogP) is 0.709. The van der Waals surface area contributed by atoms with E-state index < -0.39 is 11.0 Å². The number of nitrogens with two attached hydrogens (primary N) is 1. The van der Waals surface area contributed by atoms with Crippen LogP contribution >= 0.6 is 0 Å². The van der Waals surface area contributed by atoms with Crippen molar-refractivity contribution in [1.29, 1.82) is 0 Å². The second-order valence-electron chi connectivity index (χ2n) is 7.84. The van der Waals surface area contributed by atoms with Gasteiger partial charge >= 0.3 is 5.69 Å². The molecular formula is C18H29N7O4. The average Bonchev–Trinajstić information content (AvgIpc) is 2.71. The summed E-state index contributed by atoms with van der Waals surface area (Å²) < 4.78 is 0. The van der Waals surface area contributed by atoms with Gasteiger partial charge in [-0.3, -0.25) is 14.9 Å². The lowest BCUT2D eigenvalue weighted by Gasteiger charge is -2.30. The molecule has 1 atom stereocenters. The molecule has 1 aromatic heterocycles. The van der Waals surface area contributed by atoms with Gasteiger partial charge in [-0.25, -0.2) is 4.98 Å². The first-order valence-corrected chi connectivity index (χ1v) is 10.1. The molecule has 0 radical (unpaired) electrons. The molecule has 1 saturated heterocycles. The minimum absolute atomic E-state index is 0.0372. The minimum Gasteiger partial charge on any atom is -0.391 e. The number of carbonyl (C=O) groups is 1. The van der Waals surface area contributed by atoms with Crippen LogP contribution in [0.15, 0.2) is 6.20 Å². The number of likely N-dealkylation sites (tertiary alicyclic amines) is 1. The Morgan fingerprint density at radius 3 is 2.76 bits per heavy atom. The summed E-state index contributed by atoms with van der Waals surface area (Å²) in [6.45, 7) is 1.47. The van der Waals surface area contributed by atoms with E-state index in [1.165, 1.54) is 0 Å². The fourth-order valence-corrected chi connectivity index (χ4v) is 3.81. The molecule has 0 aromatic carbocycles.